The molecule has 1 fully saturated rings. The maximum absolute atomic E-state index is 13.2. The lowest BCUT2D eigenvalue weighted by molar-refractivity contribution is -0.118. The Labute approximate surface area is 167 Å². The Morgan fingerprint density at radius 3 is 2.59 bits per heavy atom. The van der Waals surface area contributed by atoms with Crippen LogP contribution < -0.4 is 9.80 Å². The van der Waals surface area contributed by atoms with Gasteiger partial charge in [0.15, 0.2) is 0 Å². The molecule has 1 amide bonds. The smallest absolute Gasteiger partial charge is 0.263 e. The summed E-state index contributed by atoms with van der Waals surface area (Å²) in [6.07, 6.45) is 2.51. The first-order chi connectivity index (χ1) is 12.9. The van der Waals surface area contributed by atoms with E-state index < -0.39 is 9.05 Å². The summed E-state index contributed by atoms with van der Waals surface area (Å²) in [7, 11) is 1.63. The standard InChI is InChI=1S/C19H18Cl2N2O3S/c20-14-7-8-15-13(12-14)4-3-10-22(15)17-9-11-23(19(17)24)16-5-1-2-6-18(16)27(21,25)26/h1-2,5-8,12,17H,3-4,9-11H2. The number of aryl methyl sites for hydroxylation is 1. The van der Waals surface area contributed by atoms with E-state index in [1.165, 1.54) is 11.0 Å². The molecule has 5 nitrogen and oxygen atoms in total. The van der Waals surface area contributed by atoms with Crippen LogP contribution in [0.4, 0.5) is 11.4 Å². The molecule has 0 aromatic heterocycles. The summed E-state index contributed by atoms with van der Waals surface area (Å²) in [5.74, 6) is -0.106. The first kappa shape index (κ1) is 18.6. The lowest BCUT2D eigenvalue weighted by Gasteiger charge is -2.35. The Kier molecular flexibility index (Phi) is 4.82. The van der Waals surface area contributed by atoms with Gasteiger partial charge in [0, 0.05) is 34.5 Å². The number of carbonyl (C=O) groups is 1. The van der Waals surface area contributed by atoms with Gasteiger partial charge in [0.1, 0.15) is 10.9 Å². The monoisotopic (exact) mass is 424 g/mol. The molecular formula is C19H18Cl2N2O3S. The SMILES string of the molecule is O=C1C(N2CCCc3cc(Cl)ccc32)CCN1c1ccccc1S(=O)(=O)Cl. The van der Waals surface area contributed by atoms with E-state index in [1.807, 2.05) is 18.2 Å². The average molecular weight is 425 g/mol. The second-order valence-electron chi connectivity index (χ2n) is 6.77. The van der Waals surface area contributed by atoms with Gasteiger partial charge in [0.25, 0.3) is 9.05 Å². The van der Waals surface area contributed by atoms with Crippen LogP contribution in [0.1, 0.15) is 18.4 Å². The minimum Gasteiger partial charge on any atom is -0.359 e. The van der Waals surface area contributed by atoms with E-state index in [9.17, 15) is 13.2 Å². The van der Waals surface area contributed by atoms with Gasteiger partial charge in [0.05, 0.1) is 5.69 Å². The van der Waals surface area contributed by atoms with Crippen molar-refractivity contribution in [2.45, 2.75) is 30.2 Å². The van der Waals surface area contributed by atoms with E-state index in [2.05, 4.69) is 4.90 Å². The number of para-hydroxylation sites is 1. The second kappa shape index (κ2) is 7.00. The molecule has 27 heavy (non-hydrogen) atoms. The van der Waals surface area contributed by atoms with Crippen LogP contribution in [0.5, 0.6) is 0 Å². The van der Waals surface area contributed by atoms with Gasteiger partial charge < -0.3 is 9.80 Å². The van der Waals surface area contributed by atoms with Crippen molar-refractivity contribution >= 4 is 48.6 Å². The van der Waals surface area contributed by atoms with Crippen LogP contribution >= 0.6 is 22.3 Å². The number of rotatable bonds is 3. The number of amides is 1. The lowest BCUT2D eigenvalue weighted by Crippen LogP contribution is -2.44. The van der Waals surface area contributed by atoms with Crippen LogP contribution in [0.15, 0.2) is 47.4 Å². The largest absolute Gasteiger partial charge is 0.359 e. The number of fused-ring (bicyclic) bond motifs is 1. The van der Waals surface area contributed by atoms with E-state index in [-0.39, 0.29) is 16.8 Å². The second-order valence-corrected chi connectivity index (χ2v) is 9.74. The summed E-state index contributed by atoms with van der Waals surface area (Å²) in [4.78, 5) is 16.8. The minimum atomic E-state index is -3.94. The first-order valence-electron chi connectivity index (χ1n) is 8.76. The van der Waals surface area contributed by atoms with Crippen molar-refractivity contribution in [2.24, 2.45) is 0 Å². The van der Waals surface area contributed by atoms with Crippen LogP contribution in [0.25, 0.3) is 0 Å². The highest BCUT2D eigenvalue weighted by Crippen LogP contribution is 2.36. The Balaban J connectivity index is 1.67. The Morgan fingerprint density at radius 1 is 1.04 bits per heavy atom. The van der Waals surface area contributed by atoms with E-state index in [0.717, 1.165) is 30.6 Å². The van der Waals surface area contributed by atoms with E-state index in [1.54, 1.807) is 18.2 Å². The van der Waals surface area contributed by atoms with Crippen LogP contribution in [0, 0.1) is 0 Å². The molecule has 4 rings (SSSR count). The predicted molar refractivity (Wildman–Crippen MR) is 107 cm³/mol. The summed E-state index contributed by atoms with van der Waals surface area (Å²) in [5, 5.41) is 0.691. The highest BCUT2D eigenvalue weighted by molar-refractivity contribution is 8.13. The molecule has 0 bridgehead atoms. The molecule has 2 aliphatic rings. The average Bonchev–Trinajstić information content (AvgIpc) is 3.01. The molecule has 8 heteroatoms. The van der Waals surface area contributed by atoms with Crippen molar-refractivity contribution in [3.05, 3.63) is 53.1 Å². The van der Waals surface area contributed by atoms with Gasteiger partial charge in [-0.2, -0.15) is 0 Å². The summed E-state index contributed by atoms with van der Waals surface area (Å²) in [6, 6.07) is 11.8. The molecule has 1 saturated heterocycles. The fourth-order valence-electron chi connectivity index (χ4n) is 4.00. The topological polar surface area (TPSA) is 57.7 Å². The summed E-state index contributed by atoms with van der Waals surface area (Å²) < 4.78 is 23.8. The van der Waals surface area contributed by atoms with Crippen LogP contribution in [0.2, 0.25) is 5.02 Å². The summed E-state index contributed by atoms with van der Waals surface area (Å²) in [5.41, 5.74) is 2.51. The van der Waals surface area contributed by atoms with Gasteiger partial charge in [-0.1, -0.05) is 23.7 Å². The molecule has 2 aromatic carbocycles. The fourth-order valence-corrected chi connectivity index (χ4v) is 5.25. The molecule has 1 atom stereocenters. The zero-order valence-corrected chi connectivity index (χ0v) is 16.8. The third-order valence-corrected chi connectivity index (χ3v) is 6.77. The molecule has 0 aliphatic carbocycles. The van der Waals surface area contributed by atoms with Gasteiger partial charge in [-0.25, -0.2) is 8.42 Å². The van der Waals surface area contributed by atoms with Crippen molar-refractivity contribution in [3.8, 4) is 0 Å². The van der Waals surface area contributed by atoms with Crippen LogP contribution in [-0.4, -0.2) is 33.5 Å². The van der Waals surface area contributed by atoms with Gasteiger partial charge in [-0.05, 0) is 55.2 Å². The first-order valence-corrected chi connectivity index (χ1v) is 11.4. The van der Waals surface area contributed by atoms with E-state index in [0.29, 0.717) is 23.7 Å². The highest BCUT2D eigenvalue weighted by Gasteiger charge is 2.39. The molecule has 2 heterocycles. The molecule has 142 valence electrons. The normalized spacial score (nSPS) is 20.1. The van der Waals surface area contributed by atoms with E-state index >= 15 is 0 Å². The van der Waals surface area contributed by atoms with Crippen molar-refractivity contribution in [1.82, 2.24) is 0 Å². The van der Waals surface area contributed by atoms with Gasteiger partial charge in [-0.3, -0.25) is 4.79 Å². The number of nitrogens with zero attached hydrogens (tertiary/aromatic N) is 2. The van der Waals surface area contributed by atoms with Crippen molar-refractivity contribution in [2.75, 3.05) is 22.9 Å². The number of halogens is 2. The maximum Gasteiger partial charge on any atom is 0.263 e. The summed E-state index contributed by atoms with van der Waals surface area (Å²) in [6.45, 7) is 1.24. The molecule has 0 spiro atoms. The Hall–Kier alpha value is -1.76. The lowest BCUT2D eigenvalue weighted by atomic mass is 9.99. The number of hydrogen-bond acceptors (Lipinski definition) is 4. The third kappa shape index (κ3) is 3.42. The van der Waals surface area contributed by atoms with Crippen molar-refractivity contribution in [1.29, 1.82) is 0 Å². The number of benzene rings is 2. The predicted octanol–water partition coefficient (Wildman–Crippen LogP) is 3.83. The zero-order chi connectivity index (χ0) is 19.2. The maximum atomic E-state index is 13.2. The van der Waals surface area contributed by atoms with Crippen molar-refractivity contribution < 1.29 is 13.2 Å². The number of hydrogen-bond donors (Lipinski definition) is 0. The molecule has 0 saturated carbocycles. The Bertz CT molecular complexity index is 1010. The highest BCUT2D eigenvalue weighted by atomic mass is 35.7. The summed E-state index contributed by atoms with van der Waals surface area (Å²) >= 11 is 6.11. The molecule has 1 unspecified atom stereocenters. The minimum absolute atomic E-state index is 0.0357. The van der Waals surface area contributed by atoms with E-state index in [4.69, 9.17) is 22.3 Å². The van der Waals surface area contributed by atoms with Crippen LogP contribution in [-0.2, 0) is 20.3 Å². The third-order valence-electron chi connectivity index (χ3n) is 5.17. The molecule has 0 radical (unpaired) electrons. The number of anilines is 2. The van der Waals surface area contributed by atoms with Crippen LogP contribution in [0.3, 0.4) is 0 Å². The molecular weight excluding hydrogens is 407 g/mol. The molecule has 0 N–H and O–H groups in total. The number of carbonyl (C=O) groups excluding carboxylic acids is 1. The van der Waals surface area contributed by atoms with Gasteiger partial charge in [0.2, 0.25) is 5.91 Å². The molecule has 2 aromatic rings. The fraction of sp³-hybridized carbons (Fsp3) is 0.316. The molecule has 2 aliphatic heterocycles. The van der Waals surface area contributed by atoms with Gasteiger partial charge >= 0.3 is 0 Å². The zero-order valence-electron chi connectivity index (χ0n) is 14.4. The van der Waals surface area contributed by atoms with Crippen molar-refractivity contribution in [3.63, 3.8) is 0 Å². The Morgan fingerprint density at radius 2 is 1.81 bits per heavy atom. The van der Waals surface area contributed by atoms with Gasteiger partial charge in [-0.15, -0.1) is 0 Å². The quantitative estimate of drug-likeness (QED) is 0.702.